The third-order valence-electron chi connectivity index (χ3n) is 4.08. The van der Waals surface area contributed by atoms with Crippen molar-refractivity contribution in [2.24, 2.45) is 0 Å². The first-order valence-corrected chi connectivity index (χ1v) is 8.14. The predicted molar refractivity (Wildman–Crippen MR) is 94.6 cm³/mol. The summed E-state index contributed by atoms with van der Waals surface area (Å²) >= 11 is 0. The number of hydrogen-bond donors (Lipinski definition) is 3. The monoisotopic (exact) mass is 376 g/mol. The number of aliphatic carboxylic acids is 1. The van der Waals surface area contributed by atoms with Crippen LogP contribution in [0.5, 0.6) is 0 Å². The van der Waals surface area contributed by atoms with Crippen molar-refractivity contribution in [1.29, 1.82) is 0 Å². The van der Waals surface area contributed by atoms with E-state index in [0.717, 1.165) is 0 Å². The lowest BCUT2D eigenvalue weighted by molar-refractivity contribution is -0.384. The van der Waals surface area contributed by atoms with E-state index in [1.807, 2.05) is 0 Å². The Morgan fingerprint density at radius 1 is 1.30 bits per heavy atom. The van der Waals surface area contributed by atoms with Gasteiger partial charge in [0.05, 0.1) is 28.1 Å². The minimum absolute atomic E-state index is 0.0270. The van der Waals surface area contributed by atoms with Gasteiger partial charge in [-0.3, -0.25) is 10.1 Å². The maximum atomic E-state index is 12.6. The zero-order chi connectivity index (χ0) is 20.3. The minimum Gasteiger partial charge on any atom is -0.478 e. The molecule has 3 N–H and O–H groups in total. The summed E-state index contributed by atoms with van der Waals surface area (Å²) in [5.41, 5.74) is 0.686. The third kappa shape index (κ3) is 4.32. The minimum atomic E-state index is -1.26. The number of ether oxygens (including phenoxy) is 1. The van der Waals surface area contributed by atoms with Crippen LogP contribution in [0.2, 0.25) is 0 Å². The first kappa shape index (κ1) is 20.1. The Kier molecular flexibility index (Phi) is 5.96. The summed E-state index contributed by atoms with van der Waals surface area (Å²) in [6, 6.07) is 5.47. The van der Waals surface area contributed by atoms with Gasteiger partial charge in [0.15, 0.2) is 0 Å². The first-order chi connectivity index (χ1) is 12.6. The number of allylic oxidation sites excluding steroid dienone is 2. The van der Waals surface area contributed by atoms with Gasteiger partial charge in [0.2, 0.25) is 0 Å². The standard InChI is InChI=1S/C18H20N2O7/c1-9(21)8-27-18(24)15-11(3)19-10(2)14(17(22)23)16(15)12-5-4-6-13(7-12)20(25)26/h4-7,9,16,19,21H,8H2,1-3H3,(H,22,23). The third-order valence-corrected chi connectivity index (χ3v) is 4.08. The van der Waals surface area contributed by atoms with Crippen molar-refractivity contribution in [2.45, 2.75) is 32.8 Å². The molecule has 1 aliphatic rings. The summed E-state index contributed by atoms with van der Waals surface area (Å²) in [4.78, 5) is 35.0. The SMILES string of the molecule is CC1=C(C(=O)O)C(c2cccc([N+](=O)[O-])c2)C(C(=O)OCC(C)O)=C(C)N1. The van der Waals surface area contributed by atoms with Crippen LogP contribution >= 0.6 is 0 Å². The number of hydrogen-bond acceptors (Lipinski definition) is 7. The van der Waals surface area contributed by atoms with Crippen LogP contribution in [-0.4, -0.2) is 39.8 Å². The number of aliphatic hydroxyl groups excluding tert-OH is 1. The van der Waals surface area contributed by atoms with Crippen LogP contribution in [0.1, 0.15) is 32.3 Å². The predicted octanol–water partition coefficient (Wildman–Crippen LogP) is 1.84. The van der Waals surface area contributed by atoms with Gasteiger partial charge in [-0.1, -0.05) is 12.1 Å². The molecule has 27 heavy (non-hydrogen) atoms. The van der Waals surface area contributed by atoms with Gasteiger partial charge in [-0.2, -0.15) is 0 Å². The molecule has 0 aromatic heterocycles. The number of rotatable bonds is 6. The smallest absolute Gasteiger partial charge is 0.336 e. The fraction of sp³-hybridized carbons (Fsp3) is 0.333. The molecule has 2 atom stereocenters. The van der Waals surface area contributed by atoms with E-state index in [-0.39, 0.29) is 29.0 Å². The lowest BCUT2D eigenvalue weighted by Crippen LogP contribution is -2.32. The average molecular weight is 376 g/mol. The van der Waals surface area contributed by atoms with Gasteiger partial charge in [0, 0.05) is 23.5 Å². The van der Waals surface area contributed by atoms with E-state index in [0.29, 0.717) is 11.4 Å². The van der Waals surface area contributed by atoms with Crippen LogP contribution in [0.3, 0.4) is 0 Å². The topological polar surface area (TPSA) is 139 Å². The Bertz CT molecular complexity index is 855. The summed E-state index contributed by atoms with van der Waals surface area (Å²) in [6.07, 6.45) is -0.890. The van der Waals surface area contributed by atoms with Crippen molar-refractivity contribution >= 4 is 17.6 Å². The summed E-state index contributed by atoms with van der Waals surface area (Å²) in [6.45, 7) is 4.32. The van der Waals surface area contributed by atoms with Crippen molar-refractivity contribution in [3.8, 4) is 0 Å². The maximum absolute atomic E-state index is 12.6. The summed E-state index contributed by atoms with van der Waals surface area (Å²) in [5, 5.41) is 33.0. The van der Waals surface area contributed by atoms with E-state index in [4.69, 9.17) is 4.74 Å². The van der Waals surface area contributed by atoms with Crippen LogP contribution < -0.4 is 5.32 Å². The molecule has 1 aromatic rings. The zero-order valence-electron chi connectivity index (χ0n) is 15.1. The second-order valence-corrected chi connectivity index (χ2v) is 6.24. The van der Waals surface area contributed by atoms with Crippen molar-refractivity contribution in [2.75, 3.05) is 6.61 Å². The number of nitrogens with one attached hydrogen (secondary N) is 1. The molecule has 144 valence electrons. The molecule has 1 aromatic carbocycles. The largest absolute Gasteiger partial charge is 0.478 e. The number of carbonyl (C=O) groups excluding carboxylic acids is 1. The number of non-ortho nitro benzene ring substituents is 1. The second-order valence-electron chi connectivity index (χ2n) is 6.24. The number of dihydropyridines is 1. The molecule has 0 fully saturated rings. The number of carbonyl (C=O) groups is 2. The number of benzene rings is 1. The molecule has 0 spiro atoms. The number of nitro groups is 1. The van der Waals surface area contributed by atoms with Crippen molar-refractivity contribution in [3.05, 3.63) is 62.5 Å². The quantitative estimate of drug-likeness (QED) is 0.388. The summed E-state index contributed by atoms with van der Waals surface area (Å²) in [7, 11) is 0. The Morgan fingerprint density at radius 3 is 2.48 bits per heavy atom. The molecular weight excluding hydrogens is 356 g/mol. The number of nitro benzene ring substituents is 1. The molecule has 0 saturated carbocycles. The van der Waals surface area contributed by atoms with Gasteiger partial charge in [0.25, 0.3) is 5.69 Å². The average Bonchev–Trinajstić information content (AvgIpc) is 2.58. The Morgan fingerprint density at radius 2 is 1.93 bits per heavy atom. The van der Waals surface area contributed by atoms with Gasteiger partial charge in [0.1, 0.15) is 6.61 Å². The molecule has 0 radical (unpaired) electrons. The van der Waals surface area contributed by atoms with Crippen molar-refractivity contribution < 1.29 is 29.5 Å². The molecule has 0 aliphatic carbocycles. The number of esters is 1. The molecule has 9 heteroatoms. The van der Waals surface area contributed by atoms with Crippen LogP contribution in [0.25, 0.3) is 0 Å². The van der Waals surface area contributed by atoms with Gasteiger partial charge in [-0.25, -0.2) is 9.59 Å². The van der Waals surface area contributed by atoms with E-state index in [1.165, 1.54) is 31.2 Å². The van der Waals surface area contributed by atoms with Gasteiger partial charge in [-0.05, 0) is 26.3 Å². The fourth-order valence-electron chi connectivity index (χ4n) is 2.97. The highest BCUT2D eigenvalue weighted by Gasteiger charge is 2.37. The van der Waals surface area contributed by atoms with E-state index < -0.39 is 28.9 Å². The Labute approximate surface area is 155 Å². The highest BCUT2D eigenvalue weighted by molar-refractivity contribution is 5.99. The molecule has 2 rings (SSSR count). The second kappa shape index (κ2) is 8.00. The van der Waals surface area contributed by atoms with Crippen molar-refractivity contribution in [1.82, 2.24) is 5.32 Å². The molecule has 0 amide bonds. The molecule has 2 unspecified atom stereocenters. The van der Waals surface area contributed by atoms with E-state index in [1.54, 1.807) is 13.8 Å². The Balaban J connectivity index is 2.61. The van der Waals surface area contributed by atoms with Crippen LogP contribution in [-0.2, 0) is 14.3 Å². The number of carboxylic acids is 1. The zero-order valence-corrected chi connectivity index (χ0v) is 15.1. The van der Waals surface area contributed by atoms with Gasteiger partial charge < -0.3 is 20.3 Å². The van der Waals surface area contributed by atoms with E-state index in [2.05, 4.69) is 5.32 Å². The fourth-order valence-corrected chi connectivity index (χ4v) is 2.97. The van der Waals surface area contributed by atoms with Crippen LogP contribution in [0, 0.1) is 10.1 Å². The normalized spacial score (nSPS) is 18.0. The maximum Gasteiger partial charge on any atom is 0.336 e. The lowest BCUT2D eigenvalue weighted by atomic mass is 9.80. The van der Waals surface area contributed by atoms with E-state index in [9.17, 15) is 29.9 Å². The summed E-state index contributed by atoms with van der Waals surface area (Å²) in [5.74, 6) is -3.11. The highest BCUT2D eigenvalue weighted by atomic mass is 16.6. The van der Waals surface area contributed by atoms with E-state index >= 15 is 0 Å². The molecule has 0 bridgehead atoms. The van der Waals surface area contributed by atoms with Gasteiger partial charge in [-0.15, -0.1) is 0 Å². The lowest BCUT2D eigenvalue weighted by Gasteiger charge is -2.29. The van der Waals surface area contributed by atoms with Gasteiger partial charge >= 0.3 is 11.9 Å². The molecule has 1 aliphatic heterocycles. The number of nitrogens with zero attached hydrogens (tertiary/aromatic N) is 1. The van der Waals surface area contributed by atoms with Crippen LogP contribution in [0.4, 0.5) is 5.69 Å². The summed E-state index contributed by atoms with van der Waals surface area (Å²) < 4.78 is 5.07. The Hall–Kier alpha value is -3.20. The highest BCUT2D eigenvalue weighted by Crippen LogP contribution is 2.39. The number of carboxylic acid groups (broad SMARTS) is 1. The molecule has 1 heterocycles. The molecular formula is C18H20N2O7. The first-order valence-electron chi connectivity index (χ1n) is 8.14. The van der Waals surface area contributed by atoms with Crippen LogP contribution in [0.15, 0.2) is 46.8 Å². The molecule has 0 saturated heterocycles. The number of aliphatic hydroxyl groups is 1. The van der Waals surface area contributed by atoms with Crippen molar-refractivity contribution in [3.63, 3.8) is 0 Å². The molecule has 9 nitrogen and oxygen atoms in total.